The number of rotatable bonds is 2. The highest BCUT2D eigenvalue weighted by Crippen LogP contribution is 2.21. The molecule has 0 aliphatic heterocycles. The molecule has 0 saturated carbocycles. The summed E-state index contributed by atoms with van der Waals surface area (Å²) < 4.78 is 5.04. The Balaban J connectivity index is 2.51. The SMILES string of the molecule is COc1cc(-c2ccnc(C)c2)nc(N)n1. The zero-order valence-corrected chi connectivity index (χ0v) is 9.14. The maximum atomic E-state index is 5.59. The van der Waals surface area contributed by atoms with Crippen LogP contribution in [-0.2, 0) is 0 Å². The lowest BCUT2D eigenvalue weighted by Crippen LogP contribution is -1.99. The van der Waals surface area contributed by atoms with Gasteiger partial charge in [-0.05, 0) is 19.1 Å². The van der Waals surface area contributed by atoms with E-state index in [4.69, 9.17) is 10.5 Å². The van der Waals surface area contributed by atoms with Crippen LogP contribution in [0.4, 0.5) is 5.95 Å². The fourth-order valence-corrected chi connectivity index (χ4v) is 1.40. The van der Waals surface area contributed by atoms with E-state index < -0.39 is 0 Å². The molecular weight excluding hydrogens is 204 g/mol. The number of nitrogens with zero attached hydrogens (tertiary/aromatic N) is 3. The van der Waals surface area contributed by atoms with Crippen LogP contribution >= 0.6 is 0 Å². The first-order valence-electron chi connectivity index (χ1n) is 4.80. The van der Waals surface area contributed by atoms with Crippen LogP contribution in [0.25, 0.3) is 11.3 Å². The van der Waals surface area contributed by atoms with E-state index in [1.807, 2.05) is 19.1 Å². The van der Waals surface area contributed by atoms with Crippen molar-refractivity contribution in [3.63, 3.8) is 0 Å². The third kappa shape index (κ3) is 2.08. The van der Waals surface area contributed by atoms with Gasteiger partial charge in [-0.25, -0.2) is 4.98 Å². The van der Waals surface area contributed by atoms with Crippen LogP contribution in [0.2, 0.25) is 0 Å². The van der Waals surface area contributed by atoms with E-state index in [2.05, 4.69) is 15.0 Å². The van der Waals surface area contributed by atoms with Crippen LogP contribution < -0.4 is 10.5 Å². The second kappa shape index (κ2) is 4.14. The molecule has 0 aliphatic rings. The molecular formula is C11H12N4O. The largest absolute Gasteiger partial charge is 0.481 e. The molecule has 16 heavy (non-hydrogen) atoms. The van der Waals surface area contributed by atoms with Gasteiger partial charge in [0.25, 0.3) is 0 Å². The normalized spacial score (nSPS) is 10.1. The van der Waals surface area contributed by atoms with Crippen LogP contribution in [0.15, 0.2) is 24.4 Å². The van der Waals surface area contributed by atoms with E-state index in [0.717, 1.165) is 17.0 Å². The van der Waals surface area contributed by atoms with Gasteiger partial charge in [-0.1, -0.05) is 0 Å². The Morgan fingerprint density at radius 3 is 2.75 bits per heavy atom. The zero-order chi connectivity index (χ0) is 11.5. The van der Waals surface area contributed by atoms with Gasteiger partial charge >= 0.3 is 0 Å². The predicted molar refractivity (Wildman–Crippen MR) is 61.0 cm³/mol. The van der Waals surface area contributed by atoms with Crippen molar-refractivity contribution in [1.29, 1.82) is 0 Å². The van der Waals surface area contributed by atoms with Gasteiger partial charge in [-0.15, -0.1) is 0 Å². The van der Waals surface area contributed by atoms with Crippen molar-refractivity contribution in [2.24, 2.45) is 0 Å². The van der Waals surface area contributed by atoms with Crippen molar-refractivity contribution in [1.82, 2.24) is 15.0 Å². The van der Waals surface area contributed by atoms with Crippen molar-refractivity contribution in [3.05, 3.63) is 30.1 Å². The number of nitrogens with two attached hydrogens (primary N) is 1. The average molecular weight is 216 g/mol. The van der Waals surface area contributed by atoms with Crippen LogP contribution in [-0.4, -0.2) is 22.1 Å². The first kappa shape index (κ1) is 10.4. The van der Waals surface area contributed by atoms with Gasteiger partial charge in [0, 0.05) is 23.5 Å². The van der Waals surface area contributed by atoms with Crippen molar-refractivity contribution >= 4 is 5.95 Å². The number of methoxy groups -OCH3 is 1. The van der Waals surface area contributed by atoms with Crippen LogP contribution in [0, 0.1) is 6.92 Å². The van der Waals surface area contributed by atoms with Gasteiger partial charge in [-0.2, -0.15) is 4.98 Å². The first-order valence-corrected chi connectivity index (χ1v) is 4.80. The lowest BCUT2D eigenvalue weighted by atomic mass is 10.1. The van der Waals surface area contributed by atoms with E-state index in [-0.39, 0.29) is 5.95 Å². The molecule has 2 rings (SSSR count). The van der Waals surface area contributed by atoms with Crippen LogP contribution in [0.1, 0.15) is 5.69 Å². The van der Waals surface area contributed by atoms with Crippen molar-refractivity contribution in [2.75, 3.05) is 12.8 Å². The summed E-state index contributed by atoms with van der Waals surface area (Å²) in [5, 5.41) is 0. The topological polar surface area (TPSA) is 73.9 Å². The summed E-state index contributed by atoms with van der Waals surface area (Å²) >= 11 is 0. The van der Waals surface area contributed by atoms with Gasteiger partial charge in [0.05, 0.1) is 12.8 Å². The minimum Gasteiger partial charge on any atom is -0.481 e. The summed E-state index contributed by atoms with van der Waals surface area (Å²) in [4.78, 5) is 12.2. The summed E-state index contributed by atoms with van der Waals surface area (Å²) in [5.41, 5.74) is 8.19. The number of aryl methyl sites for hydroxylation is 1. The van der Waals surface area contributed by atoms with Crippen molar-refractivity contribution in [3.8, 4) is 17.1 Å². The Morgan fingerprint density at radius 1 is 1.25 bits per heavy atom. The molecule has 0 spiro atoms. The number of ether oxygens (including phenoxy) is 1. The maximum Gasteiger partial charge on any atom is 0.223 e. The van der Waals surface area contributed by atoms with E-state index in [1.54, 1.807) is 19.4 Å². The van der Waals surface area contributed by atoms with E-state index in [1.165, 1.54) is 0 Å². The molecule has 82 valence electrons. The average Bonchev–Trinajstić information content (AvgIpc) is 2.28. The van der Waals surface area contributed by atoms with Crippen molar-refractivity contribution < 1.29 is 4.74 Å². The molecule has 2 N–H and O–H groups in total. The Kier molecular flexibility index (Phi) is 2.68. The third-order valence-corrected chi connectivity index (χ3v) is 2.12. The molecule has 5 heteroatoms. The first-order chi connectivity index (χ1) is 7.69. The third-order valence-electron chi connectivity index (χ3n) is 2.12. The highest BCUT2D eigenvalue weighted by Gasteiger charge is 2.05. The van der Waals surface area contributed by atoms with E-state index in [9.17, 15) is 0 Å². The van der Waals surface area contributed by atoms with Gasteiger partial charge in [0.2, 0.25) is 11.8 Å². The van der Waals surface area contributed by atoms with E-state index >= 15 is 0 Å². The number of nitrogen functional groups attached to an aromatic ring is 1. The number of hydrogen-bond acceptors (Lipinski definition) is 5. The molecule has 0 saturated heterocycles. The van der Waals surface area contributed by atoms with Crippen molar-refractivity contribution in [2.45, 2.75) is 6.92 Å². The highest BCUT2D eigenvalue weighted by atomic mass is 16.5. The summed E-state index contributed by atoms with van der Waals surface area (Å²) in [5.74, 6) is 0.654. The molecule has 0 fully saturated rings. The minimum absolute atomic E-state index is 0.198. The molecule has 2 heterocycles. The highest BCUT2D eigenvalue weighted by molar-refractivity contribution is 5.61. The van der Waals surface area contributed by atoms with Crippen LogP contribution in [0.5, 0.6) is 5.88 Å². The second-order valence-electron chi connectivity index (χ2n) is 3.34. The van der Waals surface area contributed by atoms with Gasteiger partial charge in [-0.3, -0.25) is 4.98 Å². The predicted octanol–water partition coefficient (Wildman–Crippen LogP) is 1.44. The smallest absolute Gasteiger partial charge is 0.223 e. The number of anilines is 1. The summed E-state index contributed by atoms with van der Waals surface area (Å²) in [7, 11) is 1.54. The summed E-state index contributed by atoms with van der Waals surface area (Å²) in [6, 6.07) is 5.54. The van der Waals surface area contributed by atoms with Gasteiger partial charge < -0.3 is 10.5 Å². The molecule has 0 atom stereocenters. The Labute approximate surface area is 93.3 Å². The number of pyridine rings is 1. The number of aromatic nitrogens is 3. The lowest BCUT2D eigenvalue weighted by molar-refractivity contribution is 0.398. The quantitative estimate of drug-likeness (QED) is 0.822. The molecule has 0 amide bonds. The van der Waals surface area contributed by atoms with Gasteiger partial charge in [0.15, 0.2) is 0 Å². The molecule has 2 aromatic heterocycles. The second-order valence-corrected chi connectivity index (χ2v) is 3.34. The Hall–Kier alpha value is -2.17. The lowest BCUT2D eigenvalue weighted by Gasteiger charge is -2.05. The molecule has 5 nitrogen and oxygen atoms in total. The fourth-order valence-electron chi connectivity index (χ4n) is 1.40. The van der Waals surface area contributed by atoms with E-state index in [0.29, 0.717) is 5.88 Å². The molecule has 0 aliphatic carbocycles. The zero-order valence-electron chi connectivity index (χ0n) is 9.14. The molecule has 2 aromatic rings. The fraction of sp³-hybridized carbons (Fsp3) is 0.182. The standard InChI is InChI=1S/C11H12N4O/c1-7-5-8(3-4-13-7)9-6-10(16-2)15-11(12)14-9/h3-6H,1-2H3,(H2,12,14,15). The summed E-state index contributed by atoms with van der Waals surface area (Å²) in [6.45, 7) is 1.92. The Morgan fingerprint density at radius 2 is 2.06 bits per heavy atom. The molecule has 0 unspecified atom stereocenters. The Bertz CT molecular complexity index is 513. The van der Waals surface area contributed by atoms with Crippen LogP contribution in [0.3, 0.4) is 0 Å². The summed E-state index contributed by atoms with van der Waals surface area (Å²) in [6.07, 6.45) is 1.73. The maximum absolute atomic E-state index is 5.59. The molecule has 0 bridgehead atoms. The molecule has 0 radical (unpaired) electrons. The van der Waals surface area contributed by atoms with Gasteiger partial charge in [0.1, 0.15) is 0 Å². The molecule has 0 aromatic carbocycles. The number of hydrogen-bond donors (Lipinski definition) is 1. The minimum atomic E-state index is 0.198. The monoisotopic (exact) mass is 216 g/mol.